The van der Waals surface area contributed by atoms with Gasteiger partial charge >= 0.3 is 17.9 Å². The summed E-state index contributed by atoms with van der Waals surface area (Å²) in [6.07, 6.45) is 0. The van der Waals surface area contributed by atoms with E-state index in [1.807, 2.05) is 0 Å². The number of esters is 2. The summed E-state index contributed by atoms with van der Waals surface area (Å²) in [5.41, 5.74) is 17.2. The second-order valence-corrected chi connectivity index (χ2v) is 11.0. The Morgan fingerprint density at radius 3 is 1.57 bits per heavy atom. The molecule has 0 atom stereocenters. The number of rotatable bonds is 20. The number of amides is 2. The van der Waals surface area contributed by atoms with Gasteiger partial charge in [0.25, 0.3) is 5.91 Å². The number of primary amides is 1. The topological polar surface area (TPSA) is 263 Å². The zero-order valence-corrected chi connectivity index (χ0v) is 28.7. The number of carbonyl (C=O) groups is 5. The average molecular weight is 744 g/mol. The minimum Gasteiger partial charge on any atom is -0.491 e. The molecule has 4 aromatic carbocycles. The maximum atomic E-state index is 12.8. The van der Waals surface area contributed by atoms with Crippen molar-refractivity contribution in [1.29, 1.82) is 0 Å². The molecule has 0 aliphatic heterocycles. The van der Waals surface area contributed by atoms with Crippen molar-refractivity contribution in [2.24, 2.45) is 22.2 Å². The molecule has 0 aliphatic carbocycles. The van der Waals surface area contributed by atoms with Gasteiger partial charge in [-0.25, -0.2) is 14.6 Å². The van der Waals surface area contributed by atoms with E-state index in [0.717, 1.165) is 0 Å². The molecule has 17 heteroatoms. The van der Waals surface area contributed by atoms with Crippen LogP contribution >= 0.6 is 0 Å². The van der Waals surface area contributed by atoms with Gasteiger partial charge in [-0.3, -0.25) is 14.4 Å². The molecule has 54 heavy (non-hydrogen) atoms. The third kappa shape index (κ3) is 13.3. The molecule has 4 rings (SSSR count). The van der Waals surface area contributed by atoms with Crippen LogP contribution in [0.25, 0.3) is 0 Å². The molecule has 17 nitrogen and oxygen atoms in total. The molecule has 0 unspecified atom stereocenters. The summed E-state index contributed by atoms with van der Waals surface area (Å²) in [5.74, 6) is -3.75. The van der Waals surface area contributed by atoms with Gasteiger partial charge in [-0.05, 0) is 60.7 Å². The first-order valence-corrected chi connectivity index (χ1v) is 16.2. The van der Waals surface area contributed by atoms with E-state index in [0.29, 0.717) is 11.3 Å². The Hall–Kier alpha value is -6.98. The van der Waals surface area contributed by atoms with E-state index >= 15 is 0 Å². The van der Waals surface area contributed by atoms with Crippen LogP contribution in [0, 0.1) is 0 Å². The molecule has 0 aromatic heterocycles. The molecule has 0 aliphatic rings. The molecule has 2 amide bonds. The summed E-state index contributed by atoms with van der Waals surface area (Å²) in [6, 6.07) is 22.5. The molecule has 282 valence electrons. The van der Waals surface area contributed by atoms with Crippen LogP contribution in [0.4, 0.5) is 5.69 Å². The van der Waals surface area contributed by atoms with E-state index in [4.69, 9.17) is 50.7 Å². The Balaban J connectivity index is 1.22. The lowest BCUT2D eigenvalue weighted by atomic mass is 10.1. The van der Waals surface area contributed by atoms with E-state index in [-0.39, 0.29) is 85.3 Å². The molecular formula is C37H37N5O12. The van der Waals surface area contributed by atoms with Gasteiger partial charge in [0, 0.05) is 23.3 Å². The fourth-order valence-corrected chi connectivity index (χ4v) is 4.45. The van der Waals surface area contributed by atoms with Gasteiger partial charge < -0.3 is 56.0 Å². The van der Waals surface area contributed by atoms with Gasteiger partial charge in [-0.15, -0.1) is 0 Å². The van der Waals surface area contributed by atoms with E-state index in [1.54, 1.807) is 30.3 Å². The van der Waals surface area contributed by atoms with Crippen LogP contribution in [0.1, 0.15) is 41.4 Å². The number of guanidine groups is 1. The second kappa shape index (κ2) is 20.2. The quantitative estimate of drug-likeness (QED) is 0.0286. The molecule has 0 fully saturated rings. The number of aliphatic imine (C=N–C) groups is 1. The van der Waals surface area contributed by atoms with E-state index in [2.05, 4.69) is 10.3 Å². The van der Waals surface area contributed by atoms with E-state index in [9.17, 15) is 24.0 Å². The fourth-order valence-electron chi connectivity index (χ4n) is 4.45. The van der Waals surface area contributed by atoms with Crippen molar-refractivity contribution in [3.05, 3.63) is 113 Å². The van der Waals surface area contributed by atoms with Gasteiger partial charge in [-0.2, -0.15) is 0 Å². The highest BCUT2D eigenvalue weighted by molar-refractivity contribution is 5.97. The predicted octanol–water partition coefficient (Wildman–Crippen LogP) is 2.43. The zero-order valence-electron chi connectivity index (χ0n) is 28.7. The Morgan fingerprint density at radius 2 is 1.06 bits per heavy atom. The smallest absolute Gasteiger partial charge is 0.343 e. The minimum atomic E-state index is -1.24. The lowest BCUT2D eigenvalue weighted by Crippen LogP contribution is -2.29. The molecule has 0 radical (unpaired) electrons. The van der Waals surface area contributed by atoms with Crippen molar-refractivity contribution in [3.63, 3.8) is 0 Å². The normalized spacial score (nSPS) is 10.4. The maximum Gasteiger partial charge on any atom is 0.343 e. The minimum absolute atomic E-state index is 0.0121. The Morgan fingerprint density at radius 1 is 0.574 bits per heavy atom. The molecule has 0 bridgehead atoms. The first-order chi connectivity index (χ1) is 26.0. The molecule has 0 saturated heterocycles. The monoisotopic (exact) mass is 743 g/mol. The van der Waals surface area contributed by atoms with Crippen molar-refractivity contribution < 1.29 is 57.5 Å². The van der Waals surface area contributed by atoms with Crippen LogP contribution in [-0.2, 0) is 14.3 Å². The largest absolute Gasteiger partial charge is 0.491 e. The maximum absolute atomic E-state index is 12.8. The van der Waals surface area contributed by atoms with Crippen molar-refractivity contribution in [3.8, 4) is 23.0 Å². The number of ether oxygens (including phenoxy) is 6. The third-order valence-corrected chi connectivity index (χ3v) is 6.86. The number of aliphatic carboxylic acids is 1. The number of hydrogen-bond donors (Lipinski definition) is 5. The van der Waals surface area contributed by atoms with Crippen molar-refractivity contribution in [2.45, 2.75) is 0 Å². The number of nitrogens with one attached hydrogen (secondary N) is 1. The van der Waals surface area contributed by atoms with Crippen molar-refractivity contribution >= 4 is 41.4 Å². The Bertz CT molecular complexity index is 1970. The predicted molar refractivity (Wildman–Crippen MR) is 192 cm³/mol. The number of carbonyl (C=O) groups excluding carboxylic acids is 4. The number of nitrogens with zero attached hydrogens (tertiary/aromatic N) is 1. The highest BCUT2D eigenvalue weighted by Crippen LogP contribution is 2.26. The first kappa shape index (κ1) is 39.8. The lowest BCUT2D eigenvalue weighted by molar-refractivity contribution is -0.135. The second-order valence-electron chi connectivity index (χ2n) is 11.0. The summed E-state index contributed by atoms with van der Waals surface area (Å²) in [4.78, 5) is 64.4. The van der Waals surface area contributed by atoms with Crippen LogP contribution in [0.5, 0.6) is 23.0 Å². The number of carboxylic acids is 1. The number of benzene rings is 4. The molecule has 0 saturated carbocycles. The van der Waals surface area contributed by atoms with Crippen molar-refractivity contribution in [1.82, 2.24) is 5.32 Å². The molecule has 8 N–H and O–H groups in total. The highest BCUT2D eigenvalue weighted by Gasteiger charge is 2.16. The summed E-state index contributed by atoms with van der Waals surface area (Å²) >= 11 is 0. The van der Waals surface area contributed by atoms with E-state index < -0.39 is 36.3 Å². The number of carboxylic acid groups (broad SMARTS) is 1. The first-order valence-electron chi connectivity index (χ1n) is 16.2. The standard InChI is InChI=1S/C37H37N5O12/c38-33(45)25-16-28(20-30(17-25)53-35(47)23-4-2-1-3-5-23)51-14-12-49-10-11-50-13-15-52-29-18-26(34(46)41-22-32(43)44)19-31(21-29)54-36(48)24-6-8-27(9-7-24)42-37(39)40/h1-9,16-21H,10-15,22H2,(H2,38,45)(H,41,46)(H,43,44)(H4,39,40,42). The van der Waals surface area contributed by atoms with Crippen LogP contribution in [0.3, 0.4) is 0 Å². The molecule has 0 spiro atoms. The van der Waals surface area contributed by atoms with Gasteiger partial charge in [0.2, 0.25) is 5.91 Å². The molecular weight excluding hydrogens is 706 g/mol. The van der Waals surface area contributed by atoms with Crippen LogP contribution in [0.15, 0.2) is 96.0 Å². The van der Waals surface area contributed by atoms with Gasteiger partial charge in [-0.1, -0.05) is 18.2 Å². The SMILES string of the molecule is NC(=O)c1cc(OCCOCCOCCOc2cc(OC(=O)c3ccc(N=C(N)N)cc3)cc(C(=O)NCC(=O)O)c2)cc(OC(=O)c2ccccc2)c1. The van der Waals surface area contributed by atoms with Crippen LogP contribution in [-0.4, -0.2) is 87.0 Å². The third-order valence-electron chi connectivity index (χ3n) is 6.86. The molecule has 4 aromatic rings. The highest BCUT2D eigenvalue weighted by atomic mass is 16.6. The Labute approximate surface area is 308 Å². The summed E-state index contributed by atoms with van der Waals surface area (Å²) in [7, 11) is 0. The summed E-state index contributed by atoms with van der Waals surface area (Å²) in [5, 5.41) is 11.2. The number of hydrogen-bond acceptors (Lipinski definition) is 12. The van der Waals surface area contributed by atoms with Crippen LogP contribution < -0.4 is 41.5 Å². The lowest BCUT2D eigenvalue weighted by Gasteiger charge is -2.12. The van der Waals surface area contributed by atoms with Gasteiger partial charge in [0.05, 0.1) is 43.2 Å². The Kier molecular flexibility index (Phi) is 14.9. The van der Waals surface area contributed by atoms with Gasteiger partial charge in [0.1, 0.15) is 42.8 Å². The van der Waals surface area contributed by atoms with Crippen LogP contribution in [0.2, 0.25) is 0 Å². The van der Waals surface area contributed by atoms with Gasteiger partial charge in [0.15, 0.2) is 5.96 Å². The van der Waals surface area contributed by atoms with Crippen molar-refractivity contribution in [2.75, 3.05) is 46.2 Å². The zero-order chi connectivity index (χ0) is 38.9. The number of nitrogens with two attached hydrogens (primary N) is 3. The molecule has 0 heterocycles. The summed E-state index contributed by atoms with van der Waals surface area (Å²) in [6.45, 7) is 0.202. The average Bonchev–Trinajstić information content (AvgIpc) is 3.14. The fraction of sp³-hybridized carbons (Fsp3) is 0.189. The summed E-state index contributed by atoms with van der Waals surface area (Å²) < 4.78 is 33.3. The van der Waals surface area contributed by atoms with E-state index in [1.165, 1.54) is 60.7 Å².